The van der Waals surface area contributed by atoms with Gasteiger partial charge in [-0.25, -0.2) is 4.98 Å². The third-order valence-corrected chi connectivity index (χ3v) is 3.49. The fourth-order valence-electron chi connectivity index (χ4n) is 2.23. The monoisotopic (exact) mass is 293 g/mol. The van der Waals surface area contributed by atoms with Crippen molar-refractivity contribution in [1.82, 2.24) is 9.38 Å². The van der Waals surface area contributed by atoms with Crippen molar-refractivity contribution in [3.63, 3.8) is 0 Å². The minimum absolute atomic E-state index is 0.161. The maximum absolute atomic E-state index is 12.4. The first-order chi connectivity index (χ1) is 10.6. The third-order valence-electron chi connectivity index (χ3n) is 3.49. The number of carbonyl (C=O) groups excluding carboxylic acids is 1. The first kappa shape index (κ1) is 14.0. The summed E-state index contributed by atoms with van der Waals surface area (Å²) in [6.07, 6.45) is 3.04. The standard InChI is InChI=1S/C17H15N3O2/c1-11-5-7-13(8-6-11)16(21)19-14-10-18-15-12(2)4-3-9-20(15)17(14)22/h3-10H,1-2H3,(H,19,21). The molecule has 1 amide bonds. The number of nitrogens with one attached hydrogen (secondary N) is 1. The summed E-state index contributed by atoms with van der Waals surface area (Å²) in [6, 6.07) is 10.8. The van der Waals surface area contributed by atoms with Gasteiger partial charge in [0.1, 0.15) is 11.3 Å². The average molecular weight is 293 g/mol. The quantitative estimate of drug-likeness (QED) is 0.790. The zero-order chi connectivity index (χ0) is 15.7. The van der Waals surface area contributed by atoms with Crippen LogP contribution in [-0.2, 0) is 0 Å². The van der Waals surface area contributed by atoms with Crippen LogP contribution in [0.1, 0.15) is 21.5 Å². The Morgan fingerprint density at radius 2 is 1.86 bits per heavy atom. The van der Waals surface area contributed by atoms with Gasteiger partial charge in [-0.05, 0) is 37.6 Å². The second kappa shape index (κ2) is 5.44. The molecule has 0 aliphatic heterocycles. The van der Waals surface area contributed by atoms with Crippen molar-refractivity contribution < 1.29 is 4.79 Å². The van der Waals surface area contributed by atoms with Gasteiger partial charge >= 0.3 is 0 Å². The van der Waals surface area contributed by atoms with E-state index in [9.17, 15) is 9.59 Å². The Balaban J connectivity index is 1.97. The molecule has 0 aliphatic carbocycles. The summed E-state index contributed by atoms with van der Waals surface area (Å²) in [4.78, 5) is 28.9. The summed E-state index contributed by atoms with van der Waals surface area (Å²) in [5.41, 5.74) is 2.92. The number of fused-ring (bicyclic) bond motifs is 1. The van der Waals surface area contributed by atoms with Gasteiger partial charge in [0.15, 0.2) is 0 Å². The first-order valence-corrected chi connectivity index (χ1v) is 6.91. The van der Waals surface area contributed by atoms with Crippen LogP contribution in [0.3, 0.4) is 0 Å². The van der Waals surface area contributed by atoms with E-state index in [4.69, 9.17) is 0 Å². The Morgan fingerprint density at radius 1 is 1.14 bits per heavy atom. The van der Waals surface area contributed by atoms with Crippen molar-refractivity contribution in [2.75, 3.05) is 5.32 Å². The molecule has 2 aromatic heterocycles. The van der Waals surface area contributed by atoms with Crippen LogP contribution >= 0.6 is 0 Å². The van der Waals surface area contributed by atoms with Crippen molar-refractivity contribution in [2.24, 2.45) is 0 Å². The van der Waals surface area contributed by atoms with Gasteiger partial charge in [0.2, 0.25) is 0 Å². The molecule has 5 nitrogen and oxygen atoms in total. The van der Waals surface area contributed by atoms with Gasteiger partial charge in [-0.3, -0.25) is 14.0 Å². The van der Waals surface area contributed by atoms with E-state index in [2.05, 4.69) is 10.3 Å². The zero-order valence-corrected chi connectivity index (χ0v) is 12.3. The fourth-order valence-corrected chi connectivity index (χ4v) is 2.23. The molecule has 0 saturated heterocycles. The number of rotatable bonds is 2. The Morgan fingerprint density at radius 3 is 2.59 bits per heavy atom. The van der Waals surface area contributed by atoms with Crippen LogP contribution in [0.15, 0.2) is 53.6 Å². The van der Waals surface area contributed by atoms with E-state index in [1.54, 1.807) is 24.4 Å². The Labute approximate surface area is 127 Å². The number of amides is 1. The number of pyridine rings is 1. The predicted molar refractivity (Wildman–Crippen MR) is 85.3 cm³/mol. The lowest BCUT2D eigenvalue weighted by molar-refractivity contribution is 0.102. The number of anilines is 1. The van der Waals surface area contributed by atoms with E-state index in [0.717, 1.165) is 11.1 Å². The maximum atomic E-state index is 12.4. The molecule has 2 heterocycles. The molecule has 3 rings (SSSR count). The molecule has 0 aliphatic rings. The summed E-state index contributed by atoms with van der Waals surface area (Å²) < 4.78 is 1.43. The summed E-state index contributed by atoms with van der Waals surface area (Å²) in [5.74, 6) is -0.327. The molecule has 22 heavy (non-hydrogen) atoms. The van der Waals surface area contributed by atoms with E-state index in [0.29, 0.717) is 11.2 Å². The highest BCUT2D eigenvalue weighted by atomic mass is 16.2. The smallest absolute Gasteiger partial charge is 0.281 e. The second-order valence-electron chi connectivity index (χ2n) is 5.18. The molecule has 0 saturated carbocycles. The molecule has 0 fully saturated rings. The molecule has 5 heteroatoms. The molecular weight excluding hydrogens is 278 g/mol. The van der Waals surface area contributed by atoms with Gasteiger partial charge in [-0.2, -0.15) is 0 Å². The fraction of sp³-hybridized carbons (Fsp3) is 0.118. The van der Waals surface area contributed by atoms with Gasteiger partial charge in [-0.15, -0.1) is 0 Å². The molecule has 0 spiro atoms. The Hall–Kier alpha value is -2.95. The van der Waals surface area contributed by atoms with Crippen molar-refractivity contribution in [1.29, 1.82) is 0 Å². The summed E-state index contributed by atoms with van der Waals surface area (Å²) >= 11 is 0. The molecular formula is C17H15N3O2. The van der Waals surface area contributed by atoms with Crippen molar-refractivity contribution in [3.8, 4) is 0 Å². The largest absolute Gasteiger partial charge is 0.316 e. The minimum atomic E-state index is -0.327. The lowest BCUT2D eigenvalue weighted by Crippen LogP contribution is -2.23. The van der Waals surface area contributed by atoms with Gasteiger partial charge < -0.3 is 5.32 Å². The van der Waals surface area contributed by atoms with Crippen LogP contribution in [-0.4, -0.2) is 15.3 Å². The third kappa shape index (κ3) is 2.48. The summed E-state index contributed by atoms with van der Waals surface area (Å²) in [6.45, 7) is 3.83. The van der Waals surface area contributed by atoms with Crippen LogP contribution in [0.5, 0.6) is 0 Å². The van der Waals surface area contributed by atoms with Crippen LogP contribution in [0.25, 0.3) is 5.65 Å². The summed E-state index contributed by atoms with van der Waals surface area (Å²) in [5, 5.41) is 2.62. The normalized spacial score (nSPS) is 10.6. The second-order valence-corrected chi connectivity index (χ2v) is 5.18. The van der Waals surface area contributed by atoms with Crippen LogP contribution in [0.4, 0.5) is 5.69 Å². The molecule has 1 N–H and O–H groups in total. The van der Waals surface area contributed by atoms with Crippen LogP contribution < -0.4 is 10.9 Å². The highest BCUT2D eigenvalue weighted by molar-refractivity contribution is 6.04. The Bertz CT molecular complexity index is 911. The SMILES string of the molecule is Cc1ccc(C(=O)Nc2cnc3c(C)cccn3c2=O)cc1. The number of nitrogens with zero attached hydrogens (tertiary/aromatic N) is 2. The van der Waals surface area contributed by atoms with Crippen molar-refractivity contribution in [2.45, 2.75) is 13.8 Å². The van der Waals surface area contributed by atoms with E-state index in [1.165, 1.54) is 10.6 Å². The molecule has 1 aromatic carbocycles. The number of carbonyl (C=O) groups is 1. The van der Waals surface area contributed by atoms with E-state index in [-0.39, 0.29) is 17.2 Å². The van der Waals surface area contributed by atoms with Gasteiger partial charge in [0, 0.05) is 11.8 Å². The van der Waals surface area contributed by atoms with Crippen molar-refractivity contribution in [3.05, 3.63) is 75.8 Å². The Kier molecular flexibility index (Phi) is 3.47. The van der Waals surface area contributed by atoms with Crippen LogP contribution in [0.2, 0.25) is 0 Å². The summed E-state index contributed by atoms with van der Waals surface area (Å²) in [7, 11) is 0. The van der Waals surface area contributed by atoms with Crippen molar-refractivity contribution >= 4 is 17.2 Å². The van der Waals surface area contributed by atoms with E-state index >= 15 is 0 Å². The lowest BCUT2D eigenvalue weighted by atomic mass is 10.1. The number of benzene rings is 1. The van der Waals surface area contributed by atoms with E-state index < -0.39 is 0 Å². The van der Waals surface area contributed by atoms with Gasteiger partial charge in [-0.1, -0.05) is 23.8 Å². The average Bonchev–Trinajstić information content (AvgIpc) is 2.51. The molecule has 0 unspecified atom stereocenters. The van der Waals surface area contributed by atoms with Gasteiger partial charge in [0.05, 0.1) is 6.20 Å². The van der Waals surface area contributed by atoms with E-state index in [1.807, 2.05) is 32.0 Å². The molecule has 110 valence electrons. The first-order valence-electron chi connectivity index (χ1n) is 6.91. The molecule has 0 atom stereocenters. The zero-order valence-electron chi connectivity index (χ0n) is 12.3. The minimum Gasteiger partial charge on any atom is -0.316 e. The number of aryl methyl sites for hydroxylation is 2. The molecule has 0 radical (unpaired) electrons. The topological polar surface area (TPSA) is 63.5 Å². The lowest BCUT2D eigenvalue weighted by Gasteiger charge is -2.07. The molecule has 0 bridgehead atoms. The highest BCUT2D eigenvalue weighted by Gasteiger charge is 2.11. The van der Waals surface area contributed by atoms with Gasteiger partial charge in [0.25, 0.3) is 11.5 Å². The number of hydrogen-bond acceptors (Lipinski definition) is 3. The maximum Gasteiger partial charge on any atom is 0.281 e. The van der Waals surface area contributed by atoms with Crippen LogP contribution in [0, 0.1) is 13.8 Å². The predicted octanol–water partition coefficient (Wildman–Crippen LogP) is 2.56. The molecule has 3 aromatic rings. The highest BCUT2D eigenvalue weighted by Crippen LogP contribution is 2.09. The number of hydrogen-bond donors (Lipinski definition) is 1. The number of aromatic nitrogens is 2.